The molecule has 0 radical (unpaired) electrons. The lowest BCUT2D eigenvalue weighted by atomic mass is 10.1. The van der Waals surface area contributed by atoms with Crippen molar-refractivity contribution in [3.63, 3.8) is 0 Å². The van der Waals surface area contributed by atoms with E-state index in [2.05, 4.69) is 43.2 Å². The smallest absolute Gasteiger partial charge is 0.340 e. The summed E-state index contributed by atoms with van der Waals surface area (Å²) in [7, 11) is 0. The van der Waals surface area contributed by atoms with Crippen LogP contribution in [0.2, 0.25) is 0 Å². The van der Waals surface area contributed by atoms with E-state index in [1.807, 2.05) is 49.4 Å². The highest BCUT2D eigenvalue weighted by Crippen LogP contribution is 2.30. The molecule has 0 aliphatic carbocycles. The zero-order valence-corrected chi connectivity index (χ0v) is 25.8. The number of urea groups is 1. The van der Waals surface area contributed by atoms with Gasteiger partial charge >= 0.3 is 18.0 Å². The lowest BCUT2D eigenvalue weighted by Crippen LogP contribution is -2.32. The minimum Gasteiger partial charge on any atom is -0.428 e. The fourth-order valence-corrected chi connectivity index (χ4v) is 4.52. The lowest BCUT2D eigenvalue weighted by molar-refractivity contribution is -0.152. The van der Waals surface area contributed by atoms with Crippen LogP contribution in [0.15, 0.2) is 66.7 Å². The number of anilines is 3. The molecule has 3 aromatic carbocycles. The van der Waals surface area contributed by atoms with Gasteiger partial charge in [-0.3, -0.25) is 4.79 Å². The van der Waals surface area contributed by atoms with Crippen LogP contribution in [0.1, 0.15) is 61.2 Å². The van der Waals surface area contributed by atoms with E-state index in [9.17, 15) is 14.4 Å². The molecule has 2 amide bonds. The molecule has 0 saturated carbocycles. The third-order valence-corrected chi connectivity index (χ3v) is 6.58. The molecule has 43 heavy (non-hydrogen) atoms. The van der Waals surface area contributed by atoms with Crippen LogP contribution in [0.25, 0.3) is 0 Å². The maximum Gasteiger partial charge on any atom is 0.340 e. The fraction of sp³-hybridized carbons (Fsp3) is 0.382. The first-order chi connectivity index (χ1) is 20.5. The van der Waals surface area contributed by atoms with Gasteiger partial charge in [-0.2, -0.15) is 0 Å². The topological polar surface area (TPSA) is 123 Å². The lowest BCUT2D eigenvalue weighted by Gasteiger charge is -2.30. The third-order valence-electron chi connectivity index (χ3n) is 6.58. The van der Waals surface area contributed by atoms with Gasteiger partial charge in [0.25, 0.3) is 0 Å². The quantitative estimate of drug-likeness (QED) is 0.145. The van der Waals surface area contributed by atoms with Crippen molar-refractivity contribution in [2.45, 2.75) is 54.0 Å². The van der Waals surface area contributed by atoms with E-state index in [1.54, 1.807) is 24.3 Å². The second-order valence-corrected chi connectivity index (χ2v) is 11.5. The van der Waals surface area contributed by atoms with Crippen molar-refractivity contribution in [3.8, 4) is 0 Å². The highest BCUT2D eigenvalue weighted by atomic mass is 16.7. The van der Waals surface area contributed by atoms with Gasteiger partial charge in [0.1, 0.15) is 0 Å². The molecule has 0 aliphatic rings. The molecule has 0 aromatic heterocycles. The van der Waals surface area contributed by atoms with Gasteiger partial charge in [0.2, 0.25) is 6.79 Å². The molecule has 0 fully saturated rings. The van der Waals surface area contributed by atoms with E-state index >= 15 is 0 Å². The third kappa shape index (κ3) is 11.1. The number of rotatable bonds is 14. The van der Waals surface area contributed by atoms with Crippen molar-refractivity contribution >= 4 is 35.0 Å². The van der Waals surface area contributed by atoms with Gasteiger partial charge in [0, 0.05) is 31.7 Å². The van der Waals surface area contributed by atoms with Gasteiger partial charge in [-0.25, -0.2) is 9.59 Å². The van der Waals surface area contributed by atoms with Crippen molar-refractivity contribution in [2.75, 3.05) is 35.4 Å². The van der Waals surface area contributed by atoms with Crippen molar-refractivity contribution in [1.82, 2.24) is 0 Å². The largest absolute Gasteiger partial charge is 0.428 e. The molecule has 9 nitrogen and oxygen atoms in total. The molecular formula is C34H44N4O5. The Morgan fingerprint density at radius 3 is 2.05 bits per heavy atom. The number of hydrogen-bond acceptors (Lipinski definition) is 7. The van der Waals surface area contributed by atoms with E-state index in [-0.39, 0.29) is 12.5 Å². The molecule has 0 unspecified atom stereocenters. The molecular weight excluding hydrogens is 544 g/mol. The van der Waals surface area contributed by atoms with Crippen LogP contribution in [0, 0.1) is 18.8 Å². The average Bonchev–Trinajstić information content (AvgIpc) is 2.96. The Kier molecular flexibility index (Phi) is 12.6. The van der Waals surface area contributed by atoms with Crippen LogP contribution >= 0.6 is 0 Å². The number of nitrogens with zero attached hydrogens (tertiary/aromatic N) is 1. The monoisotopic (exact) mass is 588 g/mol. The van der Waals surface area contributed by atoms with E-state index in [4.69, 9.17) is 15.2 Å². The fourth-order valence-electron chi connectivity index (χ4n) is 4.52. The summed E-state index contributed by atoms with van der Waals surface area (Å²) in [6.07, 6.45) is 0.467. The zero-order chi connectivity index (χ0) is 31.4. The number of nitrogens with two attached hydrogens (primary N) is 1. The number of carbonyl (C=O) groups is 3. The first-order valence-electron chi connectivity index (χ1n) is 14.7. The molecule has 0 saturated heterocycles. The number of benzene rings is 3. The number of hydrogen-bond donors (Lipinski definition) is 3. The van der Waals surface area contributed by atoms with E-state index < -0.39 is 18.7 Å². The van der Waals surface area contributed by atoms with Gasteiger partial charge in [0.15, 0.2) is 0 Å². The normalized spacial score (nSPS) is 10.9. The number of carbonyl (C=O) groups excluding carboxylic acids is 3. The molecule has 0 bridgehead atoms. The van der Waals surface area contributed by atoms with E-state index in [1.165, 1.54) is 0 Å². The predicted octanol–water partition coefficient (Wildman–Crippen LogP) is 6.51. The minimum absolute atomic E-state index is 0.0821. The number of nitrogens with one attached hydrogen (secondary N) is 2. The predicted molar refractivity (Wildman–Crippen MR) is 171 cm³/mol. The Hall–Kier alpha value is -4.37. The van der Waals surface area contributed by atoms with Gasteiger partial charge in [-0.05, 0) is 72.7 Å². The number of amides is 2. The molecule has 9 heteroatoms. The molecule has 0 heterocycles. The maximum atomic E-state index is 13.0. The molecule has 0 atom stereocenters. The van der Waals surface area contributed by atoms with Crippen LogP contribution in [0.4, 0.5) is 21.9 Å². The summed E-state index contributed by atoms with van der Waals surface area (Å²) in [5.41, 5.74) is 11.1. The van der Waals surface area contributed by atoms with Crippen molar-refractivity contribution in [3.05, 3.63) is 89.0 Å². The Morgan fingerprint density at radius 1 is 0.814 bits per heavy atom. The second kappa shape index (κ2) is 16.3. The SMILES string of the molecule is Cc1ccc(NC(=O)Nc2cc(CCC(=O)OCOC(=O)c3ccc(CN)cc3)ccc2N(CC(C)C)CC(C)C)cc1. The van der Waals surface area contributed by atoms with Crippen LogP contribution in [0.3, 0.4) is 0 Å². The maximum absolute atomic E-state index is 13.0. The number of aryl methyl sites for hydroxylation is 2. The van der Waals surface area contributed by atoms with Crippen molar-refractivity contribution < 1.29 is 23.9 Å². The molecule has 230 valence electrons. The molecule has 3 rings (SSSR count). The standard InChI is InChI=1S/C34H44N4O5/c1-23(2)20-38(21-24(3)4)31-16-10-26(18-30(31)37-34(41)36-29-14-6-25(5)7-15-29)11-17-32(39)42-22-43-33(40)28-12-8-27(19-35)9-13-28/h6-10,12-16,18,23-24H,11,17,19-22,35H2,1-5H3,(H2,36,37,41). The zero-order valence-electron chi connectivity index (χ0n) is 25.8. The van der Waals surface area contributed by atoms with Gasteiger partial charge in [0.05, 0.1) is 16.9 Å². The molecule has 3 aromatic rings. The summed E-state index contributed by atoms with van der Waals surface area (Å²) >= 11 is 0. The van der Waals surface area contributed by atoms with Crippen molar-refractivity contribution in [1.29, 1.82) is 0 Å². The Morgan fingerprint density at radius 2 is 1.44 bits per heavy atom. The summed E-state index contributed by atoms with van der Waals surface area (Å²) in [4.78, 5) is 39.9. The first-order valence-corrected chi connectivity index (χ1v) is 14.7. The van der Waals surface area contributed by atoms with Crippen LogP contribution in [0.5, 0.6) is 0 Å². The van der Waals surface area contributed by atoms with E-state index in [0.29, 0.717) is 41.7 Å². The molecule has 0 spiro atoms. The summed E-state index contributed by atoms with van der Waals surface area (Å²) < 4.78 is 10.2. The second-order valence-electron chi connectivity index (χ2n) is 11.5. The Labute approximate surface area is 254 Å². The summed E-state index contributed by atoms with van der Waals surface area (Å²) in [6.45, 7) is 12.2. The highest BCUT2D eigenvalue weighted by Gasteiger charge is 2.18. The van der Waals surface area contributed by atoms with E-state index in [0.717, 1.165) is 35.5 Å². The van der Waals surface area contributed by atoms with Gasteiger partial charge in [-0.15, -0.1) is 0 Å². The van der Waals surface area contributed by atoms with Gasteiger partial charge in [-0.1, -0.05) is 63.6 Å². The average molecular weight is 589 g/mol. The molecule has 0 aliphatic heterocycles. The Bertz CT molecular complexity index is 1340. The number of ether oxygens (including phenoxy) is 2. The summed E-state index contributed by atoms with van der Waals surface area (Å²) in [5.74, 6) is -0.245. The van der Waals surface area contributed by atoms with Crippen LogP contribution in [-0.2, 0) is 27.2 Å². The molecule has 4 N–H and O–H groups in total. The summed E-state index contributed by atoms with van der Waals surface area (Å²) in [5, 5.41) is 5.92. The minimum atomic E-state index is -0.584. The van der Waals surface area contributed by atoms with Gasteiger partial charge < -0.3 is 30.7 Å². The first kappa shape index (κ1) is 33.1. The van der Waals surface area contributed by atoms with Crippen LogP contribution in [-0.4, -0.2) is 37.9 Å². The highest BCUT2D eigenvalue weighted by molar-refractivity contribution is 6.02. The number of esters is 2. The summed E-state index contributed by atoms with van der Waals surface area (Å²) in [6, 6.07) is 19.8. The van der Waals surface area contributed by atoms with Crippen LogP contribution < -0.4 is 21.3 Å². The van der Waals surface area contributed by atoms with Crippen molar-refractivity contribution in [2.24, 2.45) is 17.6 Å². The Balaban J connectivity index is 1.66.